The first kappa shape index (κ1) is 12.6. The van der Waals surface area contributed by atoms with Crippen molar-refractivity contribution in [3.63, 3.8) is 0 Å². The van der Waals surface area contributed by atoms with Crippen LogP contribution in [0.2, 0.25) is 0 Å². The molecule has 0 radical (unpaired) electrons. The van der Waals surface area contributed by atoms with Gasteiger partial charge in [0.1, 0.15) is 4.88 Å². The van der Waals surface area contributed by atoms with Crippen molar-refractivity contribution in [3.05, 3.63) is 20.8 Å². The number of hydrogen-bond acceptors (Lipinski definition) is 3. The van der Waals surface area contributed by atoms with E-state index in [1.807, 2.05) is 16.3 Å². The Morgan fingerprint density at radius 2 is 2.22 bits per heavy atom. The van der Waals surface area contributed by atoms with Crippen molar-refractivity contribution in [1.82, 2.24) is 9.80 Å². The number of piperidine rings is 1. The minimum atomic E-state index is 0.196. The van der Waals surface area contributed by atoms with E-state index in [-0.39, 0.29) is 5.91 Å². The van der Waals surface area contributed by atoms with Crippen LogP contribution in [0.15, 0.2) is 15.9 Å². The van der Waals surface area contributed by atoms with Crippen LogP contribution in [0.5, 0.6) is 0 Å². The summed E-state index contributed by atoms with van der Waals surface area (Å²) < 4.78 is 0.934. The van der Waals surface area contributed by atoms with E-state index in [1.54, 1.807) is 0 Å². The predicted octanol–water partition coefficient (Wildman–Crippen LogP) is 2.82. The molecule has 2 aliphatic rings. The topological polar surface area (TPSA) is 23.6 Å². The summed E-state index contributed by atoms with van der Waals surface area (Å²) in [5, 5.41) is 1.97. The molecule has 1 aromatic heterocycles. The average Bonchev–Trinajstić information content (AvgIpc) is 2.83. The van der Waals surface area contributed by atoms with Crippen molar-refractivity contribution in [1.29, 1.82) is 0 Å². The fourth-order valence-electron chi connectivity index (χ4n) is 2.93. The van der Waals surface area contributed by atoms with E-state index in [1.165, 1.54) is 37.1 Å². The molecule has 0 aromatic carbocycles. The molecule has 2 saturated heterocycles. The molecule has 0 N–H and O–H groups in total. The van der Waals surface area contributed by atoms with Crippen molar-refractivity contribution < 1.29 is 4.79 Å². The van der Waals surface area contributed by atoms with Gasteiger partial charge in [0.15, 0.2) is 0 Å². The molecule has 1 amide bonds. The highest BCUT2D eigenvalue weighted by atomic mass is 79.9. The summed E-state index contributed by atoms with van der Waals surface area (Å²) >= 11 is 4.98. The lowest BCUT2D eigenvalue weighted by Crippen LogP contribution is -2.56. The van der Waals surface area contributed by atoms with Crippen LogP contribution in [0.25, 0.3) is 0 Å². The summed E-state index contributed by atoms with van der Waals surface area (Å²) in [6.07, 6.45) is 3.88. The summed E-state index contributed by atoms with van der Waals surface area (Å²) in [4.78, 5) is 17.9. The van der Waals surface area contributed by atoms with Crippen LogP contribution < -0.4 is 0 Å². The van der Waals surface area contributed by atoms with Crippen LogP contribution in [0.3, 0.4) is 0 Å². The second kappa shape index (κ2) is 5.31. The summed E-state index contributed by atoms with van der Waals surface area (Å²) in [7, 11) is 0. The average molecular weight is 329 g/mol. The van der Waals surface area contributed by atoms with Gasteiger partial charge in [-0.2, -0.15) is 0 Å². The number of thiophene rings is 1. The zero-order valence-corrected chi connectivity index (χ0v) is 12.7. The Balaban J connectivity index is 1.70. The Morgan fingerprint density at radius 3 is 3.00 bits per heavy atom. The number of amides is 1. The first-order valence-electron chi connectivity index (χ1n) is 6.52. The molecule has 3 heterocycles. The third-order valence-corrected chi connectivity index (χ3v) is 5.76. The summed E-state index contributed by atoms with van der Waals surface area (Å²) in [5.41, 5.74) is 0. The third kappa shape index (κ3) is 2.36. The molecule has 1 aromatic rings. The van der Waals surface area contributed by atoms with Crippen LogP contribution >= 0.6 is 27.3 Å². The normalized spacial score (nSPS) is 24.9. The quantitative estimate of drug-likeness (QED) is 0.791. The smallest absolute Gasteiger partial charge is 0.265 e. The summed E-state index contributed by atoms with van der Waals surface area (Å²) in [6.45, 7) is 4.04. The first-order valence-corrected chi connectivity index (χ1v) is 8.19. The van der Waals surface area contributed by atoms with Crippen LogP contribution in [-0.4, -0.2) is 47.9 Å². The van der Waals surface area contributed by atoms with Gasteiger partial charge in [0.2, 0.25) is 0 Å². The van der Waals surface area contributed by atoms with E-state index in [4.69, 9.17) is 0 Å². The van der Waals surface area contributed by atoms with Crippen molar-refractivity contribution in [2.45, 2.75) is 25.3 Å². The molecule has 5 heteroatoms. The molecule has 98 valence electrons. The largest absolute Gasteiger partial charge is 0.335 e. The van der Waals surface area contributed by atoms with Crippen molar-refractivity contribution >= 4 is 33.2 Å². The van der Waals surface area contributed by atoms with Crippen LogP contribution in [0.4, 0.5) is 0 Å². The number of rotatable bonds is 1. The highest BCUT2D eigenvalue weighted by Gasteiger charge is 2.32. The zero-order chi connectivity index (χ0) is 12.5. The molecule has 2 aliphatic heterocycles. The molecule has 0 bridgehead atoms. The number of carbonyl (C=O) groups excluding carboxylic acids is 1. The Morgan fingerprint density at radius 1 is 1.33 bits per heavy atom. The van der Waals surface area contributed by atoms with Gasteiger partial charge in [-0.3, -0.25) is 9.69 Å². The Hall–Kier alpha value is -0.390. The van der Waals surface area contributed by atoms with Crippen LogP contribution in [-0.2, 0) is 0 Å². The second-order valence-electron chi connectivity index (χ2n) is 5.03. The monoisotopic (exact) mass is 328 g/mol. The van der Waals surface area contributed by atoms with Gasteiger partial charge in [0, 0.05) is 30.1 Å². The molecule has 0 spiro atoms. The number of halogens is 1. The minimum absolute atomic E-state index is 0.196. The molecular formula is C13H17BrN2OS. The number of nitrogens with zero attached hydrogens (tertiary/aromatic N) is 2. The Bertz CT molecular complexity index is 448. The Labute approximate surface area is 120 Å². The van der Waals surface area contributed by atoms with E-state index >= 15 is 0 Å². The predicted molar refractivity (Wildman–Crippen MR) is 77.1 cm³/mol. The van der Waals surface area contributed by atoms with E-state index in [0.29, 0.717) is 6.04 Å². The number of piperazine rings is 1. The van der Waals surface area contributed by atoms with Gasteiger partial charge >= 0.3 is 0 Å². The Kier molecular flexibility index (Phi) is 3.73. The second-order valence-corrected chi connectivity index (χ2v) is 6.80. The van der Waals surface area contributed by atoms with Crippen molar-refractivity contribution in [2.24, 2.45) is 0 Å². The SMILES string of the molecule is O=C(c1sccc1Br)N1CCN2CCCC[C@H]2C1. The molecule has 1 atom stereocenters. The molecule has 0 aliphatic carbocycles. The first-order chi connectivity index (χ1) is 8.75. The maximum atomic E-state index is 12.4. The summed E-state index contributed by atoms with van der Waals surface area (Å²) in [5.74, 6) is 0.196. The van der Waals surface area contributed by atoms with E-state index < -0.39 is 0 Å². The van der Waals surface area contributed by atoms with Gasteiger partial charge in [-0.15, -0.1) is 11.3 Å². The summed E-state index contributed by atoms with van der Waals surface area (Å²) in [6, 6.07) is 2.55. The van der Waals surface area contributed by atoms with E-state index in [2.05, 4.69) is 20.8 Å². The fraction of sp³-hybridized carbons (Fsp3) is 0.615. The van der Waals surface area contributed by atoms with Gasteiger partial charge < -0.3 is 4.90 Å². The molecule has 3 rings (SSSR count). The number of carbonyl (C=O) groups is 1. The standard InChI is InChI=1S/C13H17BrN2OS/c14-11-4-8-18-12(11)13(17)16-7-6-15-5-2-1-3-10(15)9-16/h4,8,10H,1-3,5-7,9H2/t10-/m0/s1. The maximum Gasteiger partial charge on any atom is 0.265 e. The van der Waals surface area contributed by atoms with Gasteiger partial charge in [0.05, 0.1) is 0 Å². The fourth-order valence-corrected chi connectivity index (χ4v) is 4.44. The molecular weight excluding hydrogens is 312 g/mol. The number of fused-ring (bicyclic) bond motifs is 1. The van der Waals surface area contributed by atoms with Gasteiger partial charge in [0.25, 0.3) is 5.91 Å². The van der Waals surface area contributed by atoms with Gasteiger partial charge in [-0.1, -0.05) is 6.42 Å². The maximum absolute atomic E-state index is 12.4. The molecule has 0 unspecified atom stereocenters. The lowest BCUT2D eigenvalue weighted by Gasteiger charge is -2.43. The minimum Gasteiger partial charge on any atom is -0.335 e. The van der Waals surface area contributed by atoms with Gasteiger partial charge in [-0.05, 0) is 46.8 Å². The van der Waals surface area contributed by atoms with Crippen LogP contribution in [0, 0.1) is 0 Å². The highest BCUT2D eigenvalue weighted by Crippen LogP contribution is 2.27. The third-order valence-electron chi connectivity index (χ3n) is 3.94. The molecule has 18 heavy (non-hydrogen) atoms. The van der Waals surface area contributed by atoms with E-state index in [0.717, 1.165) is 29.0 Å². The molecule has 3 nitrogen and oxygen atoms in total. The molecule has 2 fully saturated rings. The molecule has 0 saturated carbocycles. The van der Waals surface area contributed by atoms with Crippen LogP contribution in [0.1, 0.15) is 28.9 Å². The lowest BCUT2D eigenvalue weighted by atomic mass is 9.99. The number of hydrogen-bond donors (Lipinski definition) is 0. The van der Waals surface area contributed by atoms with Crippen molar-refractivity contribution in [2.75, 3.05) is 26.2 Å². The van der Waals surface area contributed by atoms with Gasteiger partial charge in [-0.25, -0.2) is 0 Å². The zero-order valence-electron chi connectivity index (χ0n) is 10.3. The lowest BCUT2D eigenvalue weighted by molar-refractivity contribution is 0.0375. The highest BCUT2D eigenvalue weighted by molar-refractivity contribution is 9.10. The van der Waals surface area contributed by atoms with E-state index in [9.17, 15) is 4.79 Å². The van der Waals surface area contributed by atoms with Crippen molar-refractivity contribution in [3.8, 4) is 0 Å².